The van der Waals surface area contributed by atoms with E-state index in [1.807, 2.05) is 32.0 Å². The van der Waals surface area contributed by atoms with Gasteiger partial charge in [-0.1, -0.05) is 37.3 Å². The van der Waals surface area contributed by atoms with Crippen LogP contribution in [0.4, 0.5) is 0 Å². The van der Waals surface area contributed by atoms with Crippen molar-refractivity contribution in [3.63, 3.8) is 0 Å². The van der Waals surface area contributed by atoms with Crippen LogP contribution in [0.1, 0.15) is 47.8 Å². The van der Waals surface area contributed by atoms with E-state index in [0.717, 1.165) is 5.56 Å². The number of carbonyl (C=O) groups excluding carboxylic acids is 1. The van der Waals surface area contributed by atoms with Crippen LogP contribution in [-0.4, -0.2) is 30.7 Å². The van der Waals surface area contributed by atoms with Gasteiger partial charge in [-0.15, -0.1) is 0 Å². The summed E-state index contributed by atoms with van der Waals surface area (Å²) in [7, 11) is 3.04. The molecule has 0 radical (unpaired) electrons. The van der Waals surface area contributed by atoms with Crippen molar-refractivity contribution in [3.8, 4) is 17.2 Å². The van der Waals surface area contributed by atoms with Crippen molar-refractivity contribution in [2.24, 2.45) is 5.92 Å². The lowest BCUT2D eigenvalue weighted by Gasteiger charge is -2.40. The number of hydrogen-bond donors (Lipinski definition) is 1. The summed E-state index contributed by atoms with van der Waals surface area (Å²) in [6.45, 7) is 5.82. The minimum atomic E-state index is -0.449. The number of ether oxygens (including phenoxy) is 3. The molecule has 1 N–H and O–H groups in total. The fourth-order valence-corrected chi connectivity index (χ4v) is 3.56. The monoisotopic (exact) mass is 370 g/mol. The summed E-state index contributed by atoms with van der Waals surface area (Å²) in [6.07, 6.45) is 0.678. The lowest BCUT2D eigenvalue weighted by molar-refractivity contribution is 0.0330. The fourth-order valence-electron chi connectivity index (χ4n) is 3.56. The molecule has 144 valence electrons. The van der Waals surface area contributed by atoms with Crippen molar-refractivity contribution < 1.29 is 24.1 Å². The van der Waals surface area contributed by atoms with Crippen LogP contribution >= 0.6 is 0 Å². The Morgan fingerprint density at radius 1 is 1.19 bits per heavy atom. The van der Waals surface area contributed by atoms with Crippen LogP contribution in [0.5, 0.6) is 17.2 Å². The summed E-state index contributed by atoms with van der Waals surface area (Å²) in [6, 6.07) is 9.00. The smallest absolute Gasteiger partial charge is 0.200 e. The number of ketones is 1. The molecule has 5 nitrogen and oxygen atoms in total. The molecular formula is C22H26O5. The highest BCUT2D eigenvalue weighted by molar-refractivity contribution is 6.13. The van der Waals surface area contributed by atoms with E-state index in [0.29, 0.717) is 40.4 Å². The van der Waals surface area contributed by atoms with Crippen molar-refractivity contribution in [1.82, 2.24) is 0 Å². The first-order chi connectivity index (χ1) is 12.9. The van der Waals surface area contributed by atoms with Gasteiger partial charge in [-0.2, -0.15) is 0 Å². The lowest BCUT2D eigenvalue weighted by atomic mass is 9.81. The van der Waals surface area contributed by atoms with Crippen molar-refractivity contribution in [1.29, 1.82) is 0 Å². The number of fused-ring (bicyclic) bond motifs is 1. The number of aliphatic hydroxyl groups excluding tert-OH is 1. The zero-order valence-electron chi connectivity index (χ0n) is 16.5. The molecule has 1 aliphatic heterocycles. The van der Waals surface area contributed by atoms with Crippen LogP contribution in [0.15, 0.2) is 30.3 Å². The second-order valence-corrected chi connectivity index (χ2v) is 7.39. The maximum Gasteiger partial charge on any atom is 0.200 e. The molecule has 1 heterocycles. The van der Waals surface area contributed by atoms with Gasteiger partial charge in [-0.25, -0.2) is 0 Å². The lowest BCUT2D eigenvalue weighted by Crippen LogP contribution is -2.41. The topological polar surface area (TPSA) is 65.0 Å². The zero-order valence-corrected chi connectivity index (χ0v) is 16.5. The highest BCUT2D eigenvalue weighted by Gasteiger charge is 2.40. The molecular weight excluding hydrogens is 344 g/mol. The van der Waals surface area contributed by atoms with Crippen molar-refractivity contribution in [2.75, 3.05) is 14.2 Å². The van der Waals surface area contributed by atoms with Gasteiger partial charge in [-0.3, -0.25) is 4.79 Å². The first kappa shape index (κ1) is 19.2. The predicted molar refractivity (Wildman–Crippen MR) is 103 cm³/mol. The van der Waals surface area contributed by atoms with E-state index in [-0.39, 0.29) is 18.3 Å². The summed E-state index contributed by atoms with van der Waals surface area (Å²) in [5.41, 5.74) is 1.69. The summed E-state index contributed by atoms with van der Waals surface area (Å²) in [4.78, 5) is 13.4. The van der Waals surface area contributed by atoms with Crippen molar-refractivity contribution in [3.05, 3.63) is 52.6 Å². The number of aliphatic hydroxyl groups is 1. The third-order valence-electron chi connectivity index (χ3n) is 5.44. The minimum Gasteiger partial charge on any atom is -0.496 e. The molecule has 2 aromatic carbocycles. The molecule has 1 atom stereocenters. The van der Waals surface area contributed by atoms with Gasteiger partial charge in [0.2, 0.25) is 5.78 Å². The molecule has 0 fully saturated rings. The molecule has 0 saturated heterocycles. The Hall–Kier alpha value is -2.53. The Morgan fingerprint density at radius 2 is 1.81 bits per heavy atom. The van der Waals surface area contributed by atoms with E-state index in [1.54, 1.807) is 19.2 Å². The van der Waals surface area contributed by atoms with Gasteiger partial charge in [0.05, 0.1) is 26.4 Å². The van der Waals surface area contributed by atoms with E-state index in [9.17, 15) is 9.90 Å². The van der Waals surface area contributed by atoms with Crippen LogP contribution in [0.3, 0.4) is 0 Å². The normalized spacial score (nSPS) is 17.6. The number of hydrogen-bond acceptors (Lipinski definition) is 5. The zero-order chi connectivity index (χ0) is 19.8. The van der Waals surface area contributed by atoms with E-state index in [1.165, 1.54) is 7.11 Å². The number of methoxy groups -OCH3 is 2. The molecule has 0 aliphatic carbocycles. The van der Waals surface area contributed by atoms with Crippen molar-refractivity contribution in [2.45, 2.75) is 39.4 Å². The van der Waals surface area contributed by atoms with Gasteiger partial charge in [0, 0.05) is 11.1 Å². The SMILES string of the molecule is COc1c(CO)c(OC)c(C(=O)c2ccccc2)c2c1CC(C)C(C)(C)O2. The highest BCUT2D eigenvalue weighted by atomic mass is 16.5. The van der Waals surface area contributed by atoms with Gasteiger partial charge in [0.25, 0.3) is 0 Å². The molecule has 0 spiro atoms. The number of rotatable bonds is 5. The first-order valence-corrected chi connectivity index (χ1v) is 9.05. The summed E-state index contributed by atoms with van der Waals surface area (Å²) in [5.74, 6) is 1.31. The van der Waals surface area contributed by atoms with E-state index in [2.05, 4.69) is 6.92 Å². The van der Waals surface area contributed by atoms with Gasteiger partial charge in [0.1, 0.15) is 28.4 Å². The number of carbonyl (C=O) groups is 1. The Kier molecular flexibility index (Phi) is 5.16. The maximum atomic E-state index is 13.4. The molecule has 0 bridgehead atoms. The Morgan fingerprint density at radius 3 is 2.37 bits per heavy atom. The molecule has 5 heteroatoms. The van der Waals surface area contributed by atoms with Crippen LogP contribution in [0.2, 0.25) is 0 Å². The summed E-state index contributed by atoms with van der Waals surface area (Å²) >= 11 is 0. The second kappa shape index (κ2) is 7.24. The van der Waals surface area contributed by atoms with Crippen LogP contribution in [-0.2, 0) is 13.0 Å². The van der Waals surface area contributed by atoms with Crippen LogP contribution < -0.4 is 14.2 Å². The average molecular weight is 370 g/mol. The van der Waals surface area contributed by atoms with Gasteiger partial charge < -0.3 is 19.3 Å². The molecule has 1 aliphatic rings. The quantitative estimate of drug-likeness (QED) is 0.812. The second-order valence-electron chi connectivity index (χ2n) is 7.39. The third-order valence-corrected chi connectivity index (χ3v) is 5.44. The minimum absolute atomic E-state index is 0.202. The highest BCUT2D eigenvalue weighted by Crippen LogP contribution is 2.50. The Balaban J connectivity index is 2.35. The third kappa shape index (κ3) is 3.16. The van der Waals surface area contributed by atoms with Gasteiger partial charge in [0.15, 0.2) is 0 Å². The summed E-state index contributed by atoms with van der Waals surface area (Å²) in [5, 5.41) is 10.00. The number of benzene rings is 2. The van der Waals surface area contributed by atoms with Crippen LogP contribution in [0, 0.1) is 5.92 Å². The predicted octanol–water partition coefficient (Wildman–Crippen LogP) is 3.78. The molecule has 3 rings (SSSR count). The largest absolute Gasteiger partial charge is 0.496 e. The average Bonchev–Trinajstić information content (AvgIpc) is 2.67. The Labute approximate surface area is 159 Å². The van der Waals surface area contributed by atoms with Crippen molar-refractivity contribution >= 4 is 5.78 Å². The molecule has 0 amide bonds. The molecule has 1 unspecified atom stereocenters. The molecule has 0 saturated carbocycles. The van der Waals surface area contributed by atoms with E-state index in [4.69, 9.17) is 14.2 Å². The standard InChI is InChI=1S/C22H26O5/c1-13-11-15-19(25-4)16(12-23)20(26-5)17(21(15)27-22(13,2)3)18(24)14-9-7-6-8-10-14/h6-10,13,23H,11-12H2,1-5H3. The van der Waals surface area contributed by atoms with Gasteiger partial charge >= 0.3 is 0 Å². The molecule has 2 aromatic rings. The molecule has 0 aromatic heterocycles. The fraction of sp³-hybridized carbons (Fsp3) is 0.409. The molecule has 27 heavy (non-hydrogen) atoms. The van der Waals surface area contributed by atoms with E-state index < -0.39 is 5.60 Å². The maximum absolute atomic E-state index is 13.4. The van der Waals surface area contributed by atoms with E-state index >= 15 is 0 Å². The van der Waals surface area contributed by atoms with Crippen LogP contribution in [0.25, 0.3) is 0 Å². The first-order valence-electron chi connectivity index (χ1n) is 9.05. The Bertz CT molecular complexity index is 855. The summed E-state index contributed by atoms with van der Waals surface area (Å²) < 4.78 is 17.5. The van der Waals surface area contributed by atoms with Gasteiger partial charge in [-0.05, 0) is 26.2 Å².